The van der Waals surface area contributed by atoms with E-state index in [1.807, 2.05) is 23.9 Å². The van der Waals surface area contributed by atoms with Gasteiger partial charge in [0.05, 0.1) is 6.54 Å². The van der Waals surface area contributed by atoms with Crippen LogP contribution < -0.4 is 10.6 Å². The predicted octanol–water partition coefficient (Wildman–Crippen LogP) is 2.98. The fourth-order valence-corrected chi connectivity index (χ4v) is 2.76. The number of aliphatic imine (C=N–C) groups is 1. The van der Waals surface area contributed by atoms with E-state index in [4.69, 9.17) is 0 Å². The van der Waals surface area contributed by atoms with Crippen molar-refractivity contribution in [2.45, 2.75) is 12.7 Å². The van der Waals surface area contributed by atoms with Crippen LogP contribution in [0.3, 0.4) is 0 Å². The molecule has 2 N–H and O–H groups in total. The summed E-state index contributed by atoms with van der Waals surface area (Å²) in [5, 5.41) is 6.51. The van der Waals surface area contributed by atoms with Gasteiger partial charge in [0.25, 0.3) is 0 Å². The quantitative estimate of drug-likeness (QED) is 0.415. The largest absolute Gasteiger partial charge is 0.357 e. The minimum absolute atomic E-state index is 0.124. The van der Waals surface area contributed by atoms with Gasteiger partial charge in [-0.25, -0.2) is 4.39 Å². The maximum Gasteiger partial charge on any atom is 0.191 e. The molecule has 0 atom stereocenters. The van der Waals surface area contributed by atoms with E-state index in [-0.39, 0.29) is 5.82 Å². The molecule has 0 radical (unpaired) electrons. The van der Waals surface area contributed by atoms with Crippen LogP contribution in [0.2, 0.25) is 0 Å². The Labute approximate surface area is 135 Å². The Kier molecular flexibility index (Phi) is 10.2. The highest BCUT2D eigenvalue weighted by Gasteiger charge is 2.00. The van der Waals surface area contributed by atoms with E-state index in [1.165, 1.54) is 6.07 Å². The van der Waals surface area contributed by atoms with Crippen LogP contribution in [0.1, 0.15) is 12.5 Å². The maximum absolute atomic E-state index is 13.4. The molecule has 0 aliphatic heterocycles. The lowest BCUT2D eigenvalue weighted by atomic mass is 10.2. The van der Waals surface area contributed by atoms with Crippen molar-refractivity contribution in [1.82, 2.24) is 10.6 Å². The molecule has 0 saturated carbocycles. The smallest absolute Gasteiger partial charge is 0.191 e. The molecule has 0 saturated heterocycles. The van der Waals surface area contributed by atoms with Crippen LogP contribution in [0.15, 0.2) is 29.3 Å². The molecular weight excluding hydrogens is 305 g/mol. The third-order valence-corrected chi connectivity index (χ3v) is 4.26. The lowest BCUT2D eigenvalue weighted by molar-refractivity contribution is 0.617. The zero-order valence-electron chi connectivity index (χ0n) is 12.7. The molecule has 1 aromatic rings. The molecule has 118 valence electrons. The molecule has 1 rings (SSSR count). The molecule has 21 heavy (non-hydrogen) atoms. The first-order valence-corrected chi connectivity index (χ1v) is 9.65. The van der Waals surface area contributed by atoms with Crippen molar-refractivity contribution in [1.29, 1.82) is 0 Å². The standard InChI is InChI=1S/C15H24FN3S2/c1-3-17-15(18-8-10-20-2)19-9-11-21-12-13-6-4-5-7-14(13)16/h4-7H,3,8-12H2,1-2H3,(H2,17,18,19). The van der Waals surface area contributed by atoms with Gasteiger partial charge < -0.3 is 10.6 Å². The summed E-state index contributed by atoms with van der Waals surface area (Å²) < 4.78 is 13.4. The summed E-state index contributed by atoms with van der Waals surface area (Å²) in [7, 11) is 0. The number of hydrogen-bond donors (Lipinski definition) is 2. The third kappa shape index (κ3) is 8.21. The molecule has 0 unspecified atom stereocenters. The summed E-state index contributed by atoms with van der Waals surface area (Å²) in [6.45, 7) is 4.55. The molecule has 0 spiro atoms. The molecule has 0 bridgehead atoms. The number of halogens is 1. The van der Waals surface area contributed by atoms with Gasteiger partial charge in [0.15, 0.2) is 5.96 Å². The zero-order valence-corrected chi connectivity index (χ0v) is 14.3. The van der Waals surface area contributed by atoms with Crippen molar-refractivity contribution in [2.24, 2.45) is 4.99 Å². The Balaban J connectivity index is 2.25. The van der Waals surface area contributed by atoms with Gasteiger partial charge in [0.2, 0.25) is 0 Å². The van der Waals surface area contributed by atoms with Crippen LogP contribution in [0.4, 0.5) is 4.39 Å². The SMILES string of the molecule is CCNC(=NCCSCc1ccccc1F)NCCSC. The Bertz CT molecular complexity index is 427. The monoisotopic (exact) mass is 329 g/mol. The second kappa shape index (κ2) is 11.7. The minimum Gasteiger partial charge on any atom is -0.357 e. The van der Waals surface area contributed by atoms with E-state index >= 15 is 0 Å². The van der Waals surface area contributed by atoms with E-state index in [0.717, 1.165) is 42.7 Å². The Morgan fingerprint density at radius 2 is 2.05 bits per heavy atom. The van der Waals surface area contributed by atoms with Crippen molar-refractivity contribution in [3.8, 4) is 0 Å². The summed E-state index contributed by atoms with van der Waals surface area (Å²) in [4.78, 5) is 4.51. The van der Waals surface area contributed by atoms with Gasteiger partial charge in [-0.15, -0.1) is 0 Å². The first kappa shape index (κ1) is 18.2. The topological polar surface area (TPSA) is 36.4 Å². The van der Waals surface area contributed by atoms with Crippen LogP contribution in [-0.2, 0) is 5.75 Å². The van der Waals surface area contributed by atoms with E-state index < -0.39 is 0 Å². The van der Waals surface area contributed by atoms with Gasteiger partial charge in [-0.1, -0.05) is 18.2 Å². The molecule has 0 fully saturated rings. The number of nitrogens with one attached hydrogen (secondary N) is 2. The van der Waals surface area contributed by atoms with Crippen LogP contribution in [-0.4, -0.2) is 43.4 Å². The molecule has 6 heteroatoms. The second-order valence-corrected chi connectivity index (χ2v) is 6.41. The highest BCUT2D eigenvalue weighted by atomic mass is 32.2. The fourth-order valence-electron chi connectivity index (χ4n) is 1.63. The molecule has 0 heterocycles. The number of rotatable bonds is 9. The average molecular weight is 330 g/mol. The lowest BCUT2D eigenvalue weighted by Gasteiger charge is -2.10. The Morgan fingerprint density at radius 3 is 2.76 bits per heavy atom. The van der Waals surface area contributed by atoms with Crippen molar-refractivity contribution in [3.05, 3.63) is 35.6 Å². The summed E-state index contributed by atoms with van der Waals surface area (Å²) in [6.07, 6.45) is 2.09. The van der Waals surface area contributed by atoms with Gasteiger partial charge in [-0.3, -0.25) is 4.99 Å². The predicted molar refractivity (Wildman–Crippen MR) is 94.9 cm³/mol. The average Bonchev–Trinajstić information content (AvgIpc) is 2.49. The molecule has 0 aliphatic carbocycles. The van der Waals surface area contributed by atoms with Gasteiger partial charge in [0, 0.05) is 30.3 Å². The van der Waals surface area contributed by atoms with Crippen molar-refractivity contribution in [2.75, 3.05) is 37.4 Å². The summed E-state index contributed by atoms with van der Waals surface area (Å²) in [6, 6.07) is 6.93. The Morgan fingerprint density at radius 1 is 1.24 bits per heavy atom. The van der Waals surface area contributed by atoms with Gasteiger partial charge in [-0.2, -0.15) is 23.5 Å². The molecular formula is C15H24FN3S2. The number of nitrogens with zero attached hydrogens (tertiary/aromatic N) is 1. The van der Waals surface area contributed by atoms with E-state index in [2.05, 4.69) is 28.8 Å². The van der Waals surface area contributed by atoms with Crippen LogP contribution in [0.25, 0.3) is 0 Å². The third-order valence-electron chi connectivity index (χ3n) is 2.66. The normalized spacial score (nSPS) is 11.5. The second-order valence-electron chi connectivity index (χ2n) is 4.32. The molecule has 0 amide bonds. The molecule has 0 aromatic heterocycles. The van der Waals surface area contributed by atoms with Crippen LogP contribution >= 0.6 is 23.5 Å². The highest BCUT2D eigenvalue weighted by Crippen LogP contribution is 2.14. The highest BCUT2D eigenvalue weighted by molar-refractivity contribution is 7.98. The van der Waals surface area contributed by atoms with E-state index in [9.17, 15) is 4.39 Å². The van der Waals surface area contributed by atoms with E-state index in [1.54, 1.807) is 17.8 Å². The lowest BCUT2D eigenvalue weighted by Crippen LogP contribution is -2.38. The van der Waals surface area contributed by atoms with Crippen LogP contribution in [0.5, 0.6) is 0 Å². The van der Waals surface area contributed by atoms with Gasteiger partial charge in [-0.05, 0) is 24.8 Å². The number of hydrogen-bond acceptors (Lipinski definition) is 3. The Hall–Kier alpha value is -0.880. The zero-order chi connectivity index (χ0) is 15.3. The summed E-state index contributed by atoms with van der Waals surface area (Å²) in [5.41, 5.74) is 0.761. The maximum atomic E-state index is 13.4. The van der Waals surface area contributed by atoms with Crippen molar-refractivity contribution in [3.63, 3.8) is 0 Å². The fraction of sp³-hybridized carbons (Fsp3) is 0.533. The molecule has 3 nitrogen and oxygen atoms in total. The number of thioether (sulfide) groups is 2. The van der Waals surface area contributed by atoms with Gasteiger partial charge in [0.1, 0.15) is 5.82 Å². The van der Waals surface area contributed by atoms with Crippen molar-refractivity contribution >= 4 is 29.5 Å². The summed E-state index contributed by atoms with van der Waals surface area (Å²) in [5.74, 6) is 3.37. The van der Waals surface area contributed by atoms with Gasteiger partial charge >= 0.3 is 0 Å². The van der Waals surface area contributed by atoms with E-state index in [0.29, 0.717) is 5.75 Å². The summed E-state index contributed by atoms with van der Waals surface area (Å²) >= 11 is 3.51. The minimum atomic E-state index is -0.124. The number of guanidine groups is 1. The first-order chi connectivity index (χ1) is 10.3. The van der Waals surface area contributed by atoms with Crippen molar-refractivity contribution < 1.29 is 4.39 Å². The first-order valence-electron chi connectivity index (χ1n) is 7.10. The molecule has 1 aromatic carbocycles. The molecule has 0 aliphatic rings. The number of benzene rings is 1. The van der Waals surface area contributed by atoms with Crippen LogP contribution in [0, 0.1) is 5.82 Å².